The van der Waals surface area contributed by atoms with Gasteiger partial charge < -0.3 is 25.2 Å². The normalized spacial score (nSPS) is 12.8. The average molecular weight is 425 g/mol. The quantitative estimate of drug-likeness (QED) is 0.390. The Hall–Kier alpha value is -2.32. The molecule has 3 N–H and O–H groups in total. The van der Waals surface area contributed by atoms with E-state index in [9.17, 15) is 4.79 Å². The molecule has 0 aliphatic heterocycles. The third kappa shape index (κ3) is 9.00. The van der Waals surface area contributed by atoms with Crippen LogP contribution in [0.5, 0.6) is 0 Å². The molecule has 1 heterocycles. The zero-order valence-electron chi connectivity index (χ0n) is 19.9. The number of guanidine groups is 1. The van der Waals surface area contributed by atoms with Gasteiger partial charge in [0, 0.05) is 25.4 Å². The zero-order chi connectivity index (χ0) is 22.8. The van der Waals surface area contributed by atoms with E-state index in [4.69, 9.17) is 14.3 Å². The van der Waals surface area contributed by atoms with Crippen LogP contribution in [0, 0.1) is 0 Å². The minimum absolute atomic E-state index is 0.239. The Kier molecular flexibility index (Phi) is 10.1. The van der Waals surface area contributed by atoms with Crippen molar-refractivity contribution >= 4 is 12.1 Å². The van der Waals surface area contributed by atoms with E-state index in [-0.39, 0.29) is 5.92 Å². The molecule has 0 bridgehead atoms. The lowest BCUT2D eigenvalue weighted by atomic mass is 9.93. The van der Waals surface area contributed by atoms with Crippen LogP contribution in [0.25, 0.3) is 0 Å². The van der Waals surface area contributed by atoms with Crippen molar-refractivity contribution in [1.29, 1.82) is 0 Å². The molecule has 0 fully saturated rings. The molecule has 30 heavy (non-hydrogen) atoms. The second-order valence-electron chi connectivity index (χ2n) is 8.69. The number of nitrogens with one attached hydrogen (secondary N) is 3. The Labute approximate surface area is 180 Å². The van der Waals surface area contributed by atoms with Gasteiger partial charge in [0.05, 0.1) is 12.1 Å². The van der Waals surface area contributed by atoms with E-state index < -0.39 is 17.2 Å². The predicted octanol–water partition coefficient (Wildman–Crippen LogP) is 3.37. The Bertz CT molecular complexity index is 675. The number of hydrogen-bond donors (Lipinski definition) is 3. The lowest BCUT2D eigenvalue weighted by Crippen LogP contribution is -2.52. The summed E-state index contributed by atoms with van der Waals surface area (Å²) in [5.74, 6) is 2.24. The standard InChI is InChI=1S/C21H40N6O3/c1-9-21(10-2,26-19(28)29-20(6,7)8)14-24-18(22-11-3)23-13-12-16-25-17(15(4)5)27-30-16/h15H,9-14H2,1-8H3,(H,26,28)(H2,22,23,24). The fourth-order valence-corrected chi connectivity index (χ4v) is 2.67. The van der Waals surface area contributed by atoms with Crippen LogP contribution >= 0.6 is 0 Å². The van der Waals surface area contributed by atoms with Crippen molar-refractivity contribution < 1.29 is 14.1 Å². The van der Waals surface area contributed by atoms with Gasteiger partial charge in [-0.25, -0.2) is 4.79 Å². The van der Waals surface area contributed by atoms with Crippen molar-refractivity contribution in [3.8, 4) is 0 Å². The maximum absolute atomic E-state index is 12.3. The molecule has 9 heteroatoms. The first kappa shape index (κ1) is 25.7. The molecule has 0 saturated carbocycles. The molecule has 1 rings (SSSR count). The third-order valence-electron chi connectivity index (χ3n) is 4.64. The number of ether oxygens (including phenoxy) is 1. The van der Waals surface area contributed by atoms with Crippen LogP contribution in [0.3, 0.4) is 0 Å². The maximum Gasteiger partial charge on any atom is 0.408 e. The zero-order valence-corrected chi connectivity index (χ0v) is 19.9. The first-order chi connectivity index (χ1) is 14.0. The van der Waals surface area contributed by atoms with Crippen LogP contribution in [0.15, 0.2) is 9.52 Å². The number of nitrogens with zero attached hydrogens (tertiary/aromatic N) is 3. The molecule has 0 atom stereocenters. The molecular formula is C21H40N6O3. The molecule has 172 valence electrons. The summed E-state index contributed by atoms with van der Waals surface area (Å²) in [5.41, 5.74) is -1.01. The van der Waals surface area contributed by atoms with Crippen LogP contribution in [0.1, 0.15) is 85.9 Å². The highest BCUT2D eigenvalue weighted by atomic mass is 16.6. The van der Waals surface area contributed by atoms with Crippen LogP contribution in [0.4, 0.5) is 4.79 Å². The second kappa shape index (κ2) is 11.8. The summed E-state index contributed by atoms with van der Waals surface area (Å²) in [6.45, 7) is 17.5. The highest BCUT2D eigenvalue weighted by molar-refractivity contribution is 5.79. The Morgan fingerprint density at radius 1 is 1.17 bits per heavy atom. The van der Waals surface area contributed by atoms with E-state index in [1.165, 1.54) is 0 Å². The third-order valence-corrected chi connectivity index (χ3v) is 4.64. The summed E-state index contributed by atoms with van der Waals surface area (Å²) < 4.78 is 10.7. The molecule has 0 aromatic carbocycles. The molecule has 0 radical (unpaired) electrons. The summed E-state index contributed by atoms with van der Waals surface area (Å²) in [6, 6.07) is 0. The largest absolute Gasteiger partial charge is 0.444 e. The molecule has 1 amide bonds. The molecule has 0 saturated heterocycles. The fourth-order valence-electron chi connectivity index (χ4n) is 2.67. The van der Waals surface area contributed by atoms with E-state index in [0.29, 0.717) is 31.4 Å². The summed E-state index contributed by atoms with van der Waals surface area (Å²) in [7, 11) is 0. The number of amides is 1. The minimum atomic E-state index is -0.540. The number of aliphatic imine (C=N–C) groups is 1. The molecule has 0 unspecified atom stereocenters. The maximum atomic E-state index is 12.3. The van der Waals surface area contributed by atoms with Gasteiger partial charge in [0.2, 0.25) is 5.89 Å². The number of aromatic nitrogens is 2. The van der Waals surface area contributed by atoms with Crippen molar-refractivity contribution in [3.05, 3.63) is 11.7 Å². The lowest BCUT2D eigenvalue weighted by molar-refractivity contribution is 0.0452. The van der Waals surface area contributed by atoms with Gasteiger partial charge in [0.1, 0.15) is 5.60 Å². The predicted molar refractivity (Wildman–Crippen MR) is 119 cm³/mol. The molecule has 0 spiro atoms. The lowest BCUT2D eigenvalue weighted by Gasteiger charge is -2.32. The molecule has 9 nitrogen and oxygen atoms in total. The Morgan fingerprint density at radius 2 is 1.83 bits per heavy atom. The van der Waals surface area contributed by atoms with Gasteiger partial charge in [-0.05, 0) is 40.5 Å². The minimum Gasteiger partial charge on any atom is -0.444 e. The van der Waals surface area contributed by atoms with Crippen LogP contribution in [-0.2, 0) is 11.2 Å². The second-order valence-corrected chi connectivity index (χ2v) is 8.69. The van der Waals surface area contributed by atoms with E-state index in [1.54, 1.807) is 0 Å². The molecule has 1 aromatic rings. The van der Waals surface area contributed by atoms with E-state index >= 15 is 0 Å². The Morgan fingerprint density at radius 3 is 2.33 bits per heavy atom. The van der Waals surface area contributed by atoms with Gasteiger partial charge in [-0.1, -0.05) is 32.9 Å². The van der Waals surface area contributed by atoms with Crippen LogP contribution in [-0.4, -0.2) is 53.0 Å². The summed E-state index contributed by atoms with van der Waals surface area (Å²) >= 11 is 0. The summed E-state index contributed by atoms with van der Waals surface area (Å²) in [5, 5.41) is 13.5. The number of carbonyl (C=O) groups excluding carboxylic acids is 1. The summed E-state index contributed by atoms with van der Waals surface area (Å²) in [6.07, 6.45) is 1.67. The van der Waals surface area contributed by atoms with E-state index in [2.05, 4.69) is 26.1 Å². The highest BCUT2D eigenvalue weighted by Crippen LogP contribution is 2.17. The fraction of sp³-hybridized carbons (Fsp3) is 0.810. The van der Waals surface area contributed by atoms with E-state index in [1.807, 2.05) is 55.4 Å². The average Bonchev–Trinajstić information content (AvgIpc) is 3.12. The van der Waals surface area contributed by atoms with Crippen molar-refractivity contribution in [2.75, 3.05) is 19.6 Å². The highest BCUT2D eigenvalue weighted by Gasteiger charge is 2.30. The number of carbonyl (C=O) groups is 1. The smallest absolute Gasteiger partial charge is 0.408 e. The first-order valence-electron chi connectivity index (χ1n) is 10.9. The molecular weight excluding hydrogens is 384 g/mol. The SMILES string of the molecule is CCNC(=NCC(CC)(CC)NC(=O)OC(C)(C)C)NCCc1nc(C(C)C)no1. The van der Waals surface area contributed by atoms with Crippen molar-refractivity contribution in [2.24, 2.45) is 4.99 Å². The van der Waals surface area contributed by atoms with Gasteiger partial charge in [-0.15, -0.1) is 0 Å². The molecule has 0 aliphatic carbocycles. The number of alkyl carbamates (subject to hydrolysis) is 1. The molecule has 0 aliphatic rings. The van der Waals surface area contributed by atoms with Gasteiger partial charge >= 0.3 is 6.09 Å². The van der Waals surface area contributed by atoms with Crippen LogP contribution < -0.4 is 16.0 Å². The van der Waals surface area contributed by atoms with Gasteiger partial charge in [0.15, 0.2) is 11.8 Å². The summed E-state index contributed by atoms with van der Waals surface area (Å²) in [4.78, 5) is 21.4. The van der Waals surface area contributed by atoms with Crippen LogP contribution in [0.2, 0.25) is 0 Å². The molecule has 1 aromatic heterocycles. The van der Waals surface area contributed by atoms with Crippen molar-refractivity contribution in [3.63, 3.8) is 0 Å². The Balaban J connectivity index is 2.72. The van der Waals surface area contributed by atoms with Gasteiger partial charge in [-0.3, -0.25) is 4.99 Å². The van der Waals surface area contributed by atoms with Crippen molar-refractivity contribution in [1.82, 2.24) is 26.1 Å². The monoisotopic (exact) mass is 424 g/mol. The number of rotatable bonds is 10. The van der Waals surface area contributed by atoms with Gasteiger partial charge in [-0.2, -0.15) is 4.98 Å². The van der Waals surface area contributed by atoms with Gasteiger partial charge in [0.25, 0.3) is 0 Å². The number of hydrogen-bond acceptors (Lipinski definition) is 6. The topological polar surface area (TPSA) is 114 Å². The first-order valence-corrected chi connectivity index (χ1v) is 10.9. The van der Waals surface area contributed by atoms with E-state index in [0.717, 1.165) is 25.2 Å². The van der Waals surface area contributed by atoms with Crippen molar-refractivity contribution in [2.45, 2.75) is 91.7 Å².